The zero-order valence-corrected chi connectivity index (χ0v) is 10.6. The molecule has 0 saturated carbocycles. The summed E-state index contributed by atoms with van der Waals surface area (Å²) in [6.45, 7) is 1.46. The van der Waals surface area contributed by atoms with Crippen molar-refractivity contribution in [1.82, 2.24) is 4.90 Å². The van der Waals surface area contributed by atoms with E-state index in [0.29, 0.717) is 18.7 Å². The third-order valence-electron chi connectivity index (χ3n) is 3.29. The molecule has 4 nitrogen and oxygen atoms in total. The molecule has 0 bridgehead atoms. The molecule has 2 rings (SSSR count). The van der Waals surface area contributed by atoms with Gasteiger partial charge in [-0.2, -0.15) is 5.26 Å². The number of hydrogen-bond acceptors (Lipinski definition) is 3. The van der Waals surface area contributed by atoms with E-state index in [9.17, 15) is 4.79 Å². The molecular weight excluding hydrogens is 240 g/mol. The molecule has 1 saturated heterocycles. The van der Waals surface area contributed by atoms with E-state index in [-0.39, 0.29) is 18.4 Å². The number of nitrogens with zero attached hydrogens (tertiary/aromatic N) is 2. The van der Waals surface area contributed by atoms with Crippen LogP contribution in [-0.2, 0) is 4.79 Å². The lowest BCUT2D eigenvalue weighted by atomic mass is 10.1. The Kier molecular flexibility index (Phi) is 4.32. The van der Waals surface area contributed by atoms with Crippen molar-refractivity contribution in [3.63, 3.8) is 0 Å². The smallest absolute Gasteiger partial charge is 0.246 e. The second-order valence-corrected chi connectivity index (χ2v) is 4.69. The number of carbonyl (C=O) groups excluding carboxylic acids is 1. The minimum Gasteiger partial charge on any atom is -0.396 e. The average molecular weight is 256 g/mol. The first kappa shape index (κ1) is 13.3. The fraction of sp³-hybridized carbons (Fsp3) is 0.333. The molecule has 1 fully saturated rings. The first-order valence-corrected chi connectivity index (χ1v) is 6.31. The van der Waals surface area contributed by atoms with Gasteiger partial charge < -0.3 is 10.0 Å². The quantitative estimate of drug-likeness (QED) is 0.832. The normalized spacial score (nSPS) is 18.7. The SMILES string of the molecule is N#Cc1cccc(C=CC(=O)N2CCC(CO)C2)c1. The summed E-state index contributed by atoms with van der Waals surface area (Å²) in [5, 5.41) is 17.8. The Bertz CT molecular complexity index is 531. The van der Waals surface area contributed by atoms with Crippen LogP contribution in [0, 0.1) is 17.2 Å². The molecule has 1 atom stereocenters. The summed E-state index contributed by atoms with van der Waals surface area (Å²) in [6.07, 6.45) is 4.10. The number of amides is 1. The Labute approximate surface area is 112 Å². The van der Waals surface area contributed by atoms with Crippen molar-refractivity contribution in [2.45, 2.75) is 6.42 Å². The van der Waals surface area contributed by atoms with Crippen LogP contribution in [0.25, 0.3) is 6.08 Å². The highest BCUT2D eigenvalue weighted by Crippen LogP contribution is 2.16. The molecule has 0 aliphatic carbocycles. The lowest BCUT2D eigenvalue weighted by molar-refractivity contribution is -0.125. The number of benzene rings is 1. The maximum absolute atomic E-state index is 11.9. The molecule has 1 aliphatic rings. The lowest BCUT2D eigenvalue weighted by Crippen LogP contribution is -2.27. The highest BCUT2D eigenvalue weighted by molar-refractivity contribution is 5.92. The van der Waals surface area contributed by atoms with E-state index < -0.39 is 0 Å². The van der Waals surface area contributed by atoms with Crippen molar-refractivity contribution < 1.29 is 9.90 Å². The minimum absolute atomic E-state index is 0.0432. The molecular formula is C15H16N2O2. The van der Waals surface area contributed by atoms with Crippen LogP contribution in [0.5, 0.6) is 0 Å². The maximum Gasteiger partial charge on any atom is 0.246 e. The standard InChI is InChI=1S/C15H16N2O2/c16-9-13-3-1-2-12(8-13)4-5-15(19)17-7-6-14(10-17)11-18/h1-5,8,14,18H,6-7,10-11H2. The van der Waals surface area contributed by atoms with Gasteiger partial charge in [0.15, 0.2) is 0 Å². The van der Waals surface area contributed by atoms with Gasteiger partial charge in [0.05, 0.1) is 11.6 Å². The van der Waals surface area contributed by atoms with Gasteiger partial charge in [-0.3, -0.25) is 4.79 Å². The van der Waals surface area contributed by atoms with Crippen LogP contribution < -0.4 is 0 Å². The van der Waals surface area contributed by atoms with Gasteiger partial charge in [-0.1, -0.05) is 12.1 Å². The zero-order valence-electron chi connectivity index (χ0n) is 10.6. The van der Waals surface area contributed by atoms with Gasteiger partial charge in [0.1, 0.15) is 0 Å². The third-order valence-corrected chi connectivity index (χ3v) is 3.29. The van der Waals surface area contributed by atoms with Crippen molar-refractivity contribution in [3.8, 4) is 6.07 Å². The van der Waals surface area contributed by atoms with Crippen LogP contribution in [0.4, 0.5) is 0 Å². The van der Waals surface area contributed by atoms with Gasteiger partial charge in [0.2, 0.25) is 5.91 Å². The molecule has 1 amide bonds. The van der Waals surface area contributed by atoms with E-state index >= 15 is 0 Å². The fourth-order valence-corrected chi connectivity index (χ4v) is 2.17. The van der Waals surface area contributed by atoms with Crippen LogP contribution in [0.3, 0.4) is 0 Å². The second-order valence-electron chi connectivity index (χ2n) is 4.69. The molecule has 1 N–H and O–H groups in total. The fourth-order valence-electron chi connectivity index (χ4n) is 2.17. The second kappa shape index (κ2) is 6.17. The summed E-state index contributed by atoms with van der Waals surface area (Å²) < 4.78 is 0. The number of carbonyl (C=O) groups is 1. The van der Waals surface area contributed by atoms with Crippen LogP contribution in [0.1, 0.15) is 17.5 Å². The van der Waals surface area contributed by atoms with Crippen molar-refractivity contribution >= 4 is 12.0 Å². The molecule has 1 unspecified atom stereocenters. The maximum atomic E-state index is 11.9. The largest absolute Gasteiger partial charge is 0.396 e. The first-order valence-electron chi connectivity index (χ1n) is 6.31. The number of aliphatic hydroxyl groups excluding tert-OH is 1. The molecule has 1 heterocycles. The summed E-state index contributed by atoms with van der Waals surface area (Å²) in [5.74, 6) is 0.164. The monoisotopic (exact) mass is 256 g/mol. The predicted octanol–water partition coefficient (Wildman–Crippen LogP) is 1.41. The molecule has 1 aliphatic heterocycles. The molecule has 1 aromatic carbocycles. The van der Waals surface area contributed by atoms with Crippen molar-refractivity contribution in [2.24, 2.45) is 5.92 Å². The minimum atomic E-state index is -0.0432. The molecule has 0 aromatic heterocycles. The Morgan fingerprint density at radius 3 is 3.11 bits per heavy atom. The molecule has 0 spiro atoms. The number of likely N-dealkylation sites (tertiary alicyclic amines) is 1. The van der Waals surface area contributed by atoms with E-state index in [4.69, 9.17) is 10.4 Å². The van der Waals surface area contributed by atoms with Gasteiger partial charge >= 0.3 is 0 Å². The number of rotatable bonds is 3. The lowest BCUT2D eigenvalue weighted by Gasteiger charge is -2.13. The van der Waals surface area contributed by atoms with Crippen LogP contribution >= 0.6 is 0 Å². The van der Waals surface area contributed by atoms with E-state index in [1.54, 1.807) is 29.2 Å². The summed E-state index contributed by atoms with van der Waals surface area (Å²) in [4.78, 5) is 13.7. The molecule has 1 aromatic rings. The Hall–Kier alpha value is -2.12. The number of nitriles is 1. The molecule has 0 radical (unpaired) electrons. The van der Waals surface area contributed by atoms with E-state index in [2.05, 4.69) is 6.07 Å². The van der Waals surface area contributed by atoms with Crippen LogP contribution in [0.15, 0.2) is 30.3 Å². The van der Waals surface area contributed by atoms with Gasteiger partial charge in [0.25, 0.3) is 0 Å². The van der Waals surface area contributed by atoms with Crippen LogP contribution in [-0.4, -0.2) is 35.6 Å². The summed E-state index contributed by atoms with van der Waals surface area (Å²) in [5.41, 5.74) is 1.42. The van der Waals surface area contributed by atoms with E-state index in [0.717, 1.165) is 12.0 Å². The number of aliphatic hydroxyl groups is 1. The van der Waals surface area contributed by atoms with Crippen molar-refractivity contribution in [3.05, 3.63) is 41.5 Å². The van der Waals surface area contributed by atoms with Gasteiger partial charge in [0, 0.05) is 31.7 Å². The van der Waals surface area contributed by atoms with E-state index in [1.165, 1.54) is 6.08 Å². The van der Waals surface area contributed by atoms with E-state index in [1.807, 2.05) is 6.07 Å². The molecule has 98 valence electrons. The Morgan fingerprint density at radius 1 is 1.58 bits per heavy atom. The van der Waals surface area contributed by atoms with Gasteiger partial charge in [-0.25, -0.2) is 0 Å². The van der Waals surface area contributed by atoms with Crippen LogP contribution in [0.2, 0.25) is 0 Å². The van der Waals surface area contributed by atoms with Gasteiger partial charge in [-0.15, -0.1) is 0 Å². The Morgan fingerprint density at radius 2 is 2.42 bits per heavy atom. The molecule has 4 heteroatoms. The highest BCUT2D eigenvalue weighted by atomic mass is 16.3. The summed E-state index contributed by atoms with van der Waals surface area (Å²) in [6, 6.07) is 9.18. The average Bonchev–Trinajstić information content (AvgIpc) is 2.94. The summed E-state index contributed by atoms with van der Waals surface area (Å²) in [7, 11) is 0. The van der Waals surface area contributed by atoms with Crippen molar-refractivity contribution in [2.75, 3.05) is 19.7 Å². The predicted molar refractivity (Wildman–Crippen MR) is 72.0 cm³/mol. The molecule has 19 heavy (non-hydrogen) atoms. The number of hydrogen-bond donors (Lipinski definition) is 1. The third kappa shape index (κ3) is 3.43. The topological polar surface area (TPSA) is 64.3 Å². The highest BCUT2D eigenvalue weighted by Gasteiger charge is 2.23. The van der Waals surface area contributed by atoms with Gasteiger partial charge in [-0.05, 0) is 30.2 Å². The zero-order chi connectivity index (χ0) is 13.7. The Balaban J connectivity index is 1.98. The summed E-state index contributed by atoms with van der Waals surface area (Å²) >= 11 is 0. The first-order chi connectivity index (χ1) is 9.22. The van der Waals surface area contributed by atoms with Crippen molar-refractivity contribution in [1.29, 1.82) is 5.26 Å².